The first-order valence-electron chi connectivity index (χ1n) is 8.13. The molecule has 0 spiro atoms. The van der Waals surface area contributed by atoms with Crippen LogP contribution in [0, 0.1) is 11.8 Å². The zero-order valence-electron chi connectivity index (χ0n) is 12.6. The number of ether oxygens (including phenoxy) is 1. The maximum atomic E-state index is 5.59. The number of hydrogen-bond donors (Lipinski definition) is 1. The maximum Gasteiger partial charge on any atom is 0.123 e. The van der Waals surface area contributed by atoms with Gasteiger partial charge in [0.2, 0.25) is 0 Å². The predicted octanol–water partition coefficient (Wildman–Crippen LogP) is 4.13. The number of methoxy groups -OCH3 is 1. The Morgan fingerprint density at radius 3 is 2.76 bits per heavy atom. The SMILES string of the molecule is COc1ccc2ccccc2c1CNC1CC2CCC1C2. The average Bonchev–Trinajstić information content (AvgIpc) is 3.15. The van der Waals surface area contributed by atoms with Gasteiger partial charge < -0.3 is 10.1 Å². The van der Waals surface area contributed by atoms with Gasteiger partial charge in [0.05, 0.1) is 7.11 Å². The van der Waals surface area contributed by atoms with Crippen LogP contribution in [0.2, 0.25) is 0 Å². The molecule has 110 valence electrons. The number of nitrogens with one attached hydrogen (secondary N) is 1. The van der Waals surface area contributed by atoms with Crippen LogP contribution in [0.15, 0.2) is 36.4 Å². The topological polar surface area (TPSA) is 21.3 Å². The summed E-state index contributed by atoms with van der Waals surface area (Å²) in [5.41, 5.74) is 1.30. The van der Waals surface area contributed by atoms with Crippen molar-refractivity contribution in [1.29, 1.82) is 0 Å². The molecule has 1 N–H and O–H groups in total. The molecule has 0 saturated heterocycles. The summed E-state index contributed by atoms with van der Waals surface area (Å²) in [6, 6.07) is 13.6. The van der Waals surface area contributed by atoms with E-state index < -0.39 is 0 Å². The molecule has 0 aliphatic heterocycles. The Morgan fingerprint density at radius 1 is 1.10 bits per heavy atom. The van der Waals surface area contributed by atoms with Crippen LogP contribution in [0.4, 0.5) is 0 Å². The molecule has 2 aromatic carbocycles. The first kappa shape index (κ1) is 13.1. The third-order valence-corrected chi connectivity index (χ3v) is 5.50. The molecule has 0 heterocycles. The zero-order valence-corrected chi connectivity index (χ0v) is 12.6. The number of rotatable bonds is 4. The molecule has 2 aliphatic carbocycles. The number of benzene rings is 2. The van der Waals surface area contributed by atoms with Crippen molar-refractivity contribution in [2.45, 2.75) is 38.3 Å². The Hall–Kier alpha value is -1.54. The fourth-order valence-corrected chi connectivity index (χ4v) is 4.42. The summed E-state index contributed by atoms with van der Waals surface area (Å²) in [6.07, 6.45) is 5.71. The van der Waals surface area contributed by atoms with Gasteiger partial charge in [-0.25, -0.2) is 0 Å². The zero-order chi connectivity index (χ0) is 14.2. The van der Waals surface area contributed by atoms with Gasteiger partial charge in [-0.1, -0.05) is 36.8 Å². The minimum atomic E-state index is 0.715. The fourth-order valence-electron chi connectivity index (χ4n) is 4.42. The van der Waals surface area contributed by atoms with E-state index in [-0.39, 0.29) is 0 Å². The van der Waals surface area contributed by atoms with Crippen LogP contribution in [0.5, 0.6) is 5.75 Å². The number of fused-ring (bicyclic) bond motifs is 3. The van der Waals surface area contributed by atoms with E-state index in [4.69, 9.17) is 4.74 Å². The second kappa shape index (κ2) is 5.34. The highest BCUT2D eigenvalue weighted by molar-refractivity contribution is 5.87. The van der Waals surface area contributed by atoms with Crippen LogP contribution in [-0.2, 0) is 6.54 Å². The summed E-state index contributed by atoms with van der Waals surface area (Å²) in [6.45, 7) is 0.915. The van der Waals surface area contributed by atoms with Gasteiger partial charge in [0.1, 0.15) is 5.75 Å². The van der Waals surface area contributed by atoms with Crippen molar-refractivity contribution < 1.29 is 4.74 Å². The van der Waals surface area contributed by atoms with E-state index in [0.717, 1.165) is 24.1 Å². The Labute approximate surface area is 126 Å². The van der Waals surface area contributed by atoms with Crippen LogP contribution in [0.1, 0.15) is 31.2 Å². The Kier molecular flexibility index (Phi) is 3.34. The molecular formula is C19H23NO. The molecular weight excluding hydrogens is 258 g/mol. The Balaban J connectivity index is 1.60. The summed E-state index contributed by atoms with van der Waals surface area (Å²) in [5, 5.41) is 6.42. The quantitative estimate of drug-likeness (QED) is 0.910. The highest BCUT2D eigenvalue weighted by atomic mass is 16.5. The van der Waals surface area contributed by atoms with Gasteiger partial charge in [-0.05, 0) is 47.9 Å². The molecule has 4 rings (SSSR count). The van der Waals surface area contributed by atoms with Gasteiger partial charge >= 0.3 is 0 Å². The minimum Gasteiger partial charge on any atom is -0.496 e. The molecule has 0 radical (unpaired) electrons. The monoisotopic (exact) mass is 281 g/mol. The second-order valence-electron chi connectivity index (χ2n) is 6.63. The molecule has 3 unspecified atom stereocenters. The van der Waals surface area contributed by atoms with Crippen LogP contribution < -0.4 is 10.1 Å². The summed E-state index contributed by atoms with van der Waals surface area (Å²) in [5.74, 6) is 2.90. The minimum absolute atomic E-state index is 0.715. The summed E-state index contributed by atoms with van der Waals surface area (Å²) in [7, 11) is 1.77. The smallest absolute Gasteiger partial charge is 0.123 e. The van der Waals surface area contributed by atoms with Gasteiger partial charge in [0.25, 0.3) is 0 Å². The molecule has 0 amide bonds. The summed E-state index contributed by atoms with van der Waals surface area (Å²) < 4.78 is 5.59. The van der Waals surface area contributed by atoms with Crippen molar-refractivity contribution in [1.82, 2.24) is 5.32 Å². The predicted molar refractivity (Wildman–Crippen MR) is 86.6 cm³/mol. The van der Waals surface area contributed by atoms with E-state index in [1.807, 2.05) is 0 Å². The lowest BCUT2D eigenvalue weighted by molar-refractivity contribution is 0.347. The normalized spacial score (nSPS) is 27.4. The Morgan fingerprint density at radius 2 is 2.00 bits per heavy atom. The Bertz CT molecular complexity index is 651. The van der Waals surface area contributed by atoms with E-state index in [9.17, 15) is 0 Å². The fraction of sp³-hybridized carbons (Fsp3) is 0.474. The highest BCUT2D eigenvalue weighted by Gasteiger charge is 2.39. The third kappa shape index (κ3) is 2.32. The van der Waals surface area contributed by atoms with Crippen molar-refractivity contribution in [3.63, 3.8) is 0 Å². The lowest BCUT2D eigenvalue weighted by atomic mass is 9.95. The summed E-state index contributed by atoms with van der Waals surface area (Å²) >= 11 is 0. The molecule has 0 aromatic heterocycles. The molecule has 2 aliphatic rings. The van der Waals surface area contributed by atoms with Gasteiger partial charge in [-0.2, -0.15) is 0 Å². The van der Waals surface area contributed by atoms with Crippen LogP contribution in [-0.4, -0.2) is 13.2 Å². The van der Waals surface area contributed by atoms with E-state index >= 15 is 0 Å². The van der Waals surface area contributed by atoms with Crippen molar-refractivity contribution in [3.05, 3.63) is 42.0 Å². The van der Waals surface area contributed by atoms with E-state index in [0.29, 0.717) is 6.04 Å². The van der Waals surface area contributed by atoms with Gasteiger partial charge in [0, 0.05) is 18.2 Å². The van der Waals surface area contributed by atoms with E-state index in [1.165, 1.54) is 42.0 Å². The van der Waals surface area contributed by atoms with Crippen LogP contribution >= 0.6 is 0 Å². The van der Waals surface area contributed by atoms with Crippen molar-refractivity contribution in [2.24, 2.45) is 11.8 Å². The molecule has 2 bridgehead atoms. The number of hydrogen-bond acceptors (Lipinski definition) is 2. The van der Waals surface area contributed by atoms with Crippen molar-refractivity contribution >= 4 is 10.8 Å². The molecule has 2 aromatic rings. The first-order valence-corrected chi connectivity index (χ1v) is 8.13. The molecule has 2 nitrogen and oxygen atoms in total. The van der Waals surface area contributed by atoms with Gasteiger partial charge in [-0.3, -0.25) is 0 Å². The highest BCUT2D eigenvalue weighted by Crippen LogP contribution is 2.44. The molecule has 21 heavy (non-hydrogen) atoms. The second-order valence-corrected chi connectivity index (χ2v) is 6.63. The van der Waals surface area contributed by atoms with Crippen LogP contribution in [0.3, 0.4) is 0 Å². The van der Waals surface area contributed by atoms with E-state index in [1.54, 1.807) is 7.11 Å². The first-order chi connectivity index (χ1) is 10.3. The summed E-state index contributed by atoms with van der Waals surface area (Å²) in [4.78, 5) is 0. The third-order valence-electron chi connectivity index (χ3n) is 5.50. The van der Waals surface area contributed by atoms with Crippen molar-refractivity contribution in [3.8, 4) is 5.75 Å². The molecule has 2 heteroatoms. The van der Waals surface area contributed by atoms with Crippen LogP contribution in [0.25, 0.3) is 10.8 Å². The molecule has 2 saturated carbocycles. The standard InChI is InChI=1S/C19H23NO/c1-21-19-9-8-14-4-2-3-5-16(14)17(19)12-20-18-11-13-6-7-15(18)10-13/h2-5,8-9,13,15,18,20H,6-7,10-12H2,1H3. The lowest BCUT2D eigenvalue weighted by Crippen LogP contribution is -2.33. The molecule has 2 fully saturated rings. The van der Waals surface area contributed by atoms with Crippen molar-refractivity contribution in [2.75, 3.05) is 7.11 Å². The van der Waals surface area contributed by atoms with Gasteiger partial charge in [0.15, 0.2) is 0 Å². The lowest BCUT2D eigenvalue weighted by Gasteiger charge is -2.24. The van der Waals surface area contributed by atoms with E-state index in [2.05, 4.69) is 41.7 Å². The van der Waals surface area contributed by atoms with Gasteiger partial charge in [-0.15, -0.1) is 0 Å². The maximum absolute atomic E-state index is 5.59. The molecule has 3 atom stereocenters. The average molecular weight is 281 g/mol. The largest absolute Gasteiger partial charge is 0.496 e.